The number of benzene rings is 1. The topological polar surface area (TPSA) is 12.5 Å². The minimum Gasteiger partial charge on any atom is -0.302 e. The number of hydrogen-bond acceptors (Lipinski definition) is 2. The van der Waals surface area contributed by atoms with E-state index in [0.29, 0.717) is 0 Å². The molecule has 0 amide bonds. The van der Waals surface area contributed by atoms with Gasteiger partial charge in [-0.05, 0) is 18.4 Å². The lowest BCUT2D eigenvalue weighted by atomic mass is 9.98. The molecular weight excluding hydrogens is 322 g/mol. The molecule has 144 valence electrons. The zero-order chi connectivity index (χ0) is 18.8. The van der Waals surface area contributed by atoms with Crippen LogP contribution in [0.4, 0.5) is 0 Å². The van der Waals surface area contributed by atoms with Crippen LogP contribution in [0.5, 0.6) is 0 Å². The Morgan fingerprint density at radius 3 is 2.00 bits per heavy atom. The van der Waals surface area contributed by atoms with Crippen LogP contribution in [0.3, 0.4) is 0 Å². The maximum atomic E-state index is 5.79. The molecule has 3 heteroatoms. The quantitative estimate of drug-likeness (QED) is 0.226. The van der Waals surface area contributed by atoms with Gasteiger partial charge in [0.05, 0.1) is 15.2 Å². The summed E-state index contributed by atoms with van der Waals surface area (Å²) < 4.78 is 0. The van der Waals surface area contributed by atoms with Gasteiger partial charge in [-0.1, -0.05) is 102 Å². The van der Waals surface area contributed by atoms with E-state index in [9.17, 15) is 0 Å². The molecule has 0 N–H and O–H groups in total. The van der Waals surface area contributed by atoms with Crippen molar-refractivity contribution in [3.05, 3.63) is 35.9 Å². The van der Waals surface area contributed by atoms with Crippen LogP contribution >= 0.6 is 0 Å². The maximum absolute atomic E-state index is 5.79. The van der Waals surface area contributed by atoms with Crippen LogP contribution in [0.15, 0.2) is 30.3 Å². The fourth-order valence-electron chi connectivity index (χ4n) is 3.95. The third kappa shape index (κ3) is 6.88. The molecule has 0 radical (unpaired) electrons. The molecule has 1 atom stereocenters. The van der Waals surface area contributed by atoms with E-state index in [0.717, 1.165) is 6.42 Å². The van der Waals surface area contributed by atoms with Gasteiger partial charge in [-0.3, -0.25) is 0 Å². The first-order valence-electron chi connectivity index (χ1n) is 10.2. The number of hydrogen-bond donors (Lipinski definition) is 0. The van der Waals surface area contributed by atoms with E-state index in [4.69, 9.17) is 4.84 Å². The molecule has 0 saturated carbocycles. The number of hydroxylamine groups is 2. The summed E-state index contributed by atoms with van der Waals surface area (Å²) >= 11 is 0. The van der Waals surface area contributed by atoms with Gasteiger partial charge < -0.3 is 4.84 Å². The summed E-state index contributed by atoms with van der Waals surface area (Å²) in [4.78, 5) is 5.79. The number of unbranched alkanes of at least 4 members (excludes halogenated alkanes) is 6. The fraction of sp³-hybridized carbons (Fsp3) is 0.727. The zero-order valence-corrected chi connectivity index (χ0v) is 18.6. The smallest absolute Gasteiger partial charge is 0.0712 e. The summed E-state index contributed by atoms with van der Waals surface area (Å²) in [5.74, 6) is 0. The van der Waals surface area contributed by atoms with Crippen molar-refractivity contribution in [2.75, 3.05) is 14.2 Å². The second kappa shape index (κ2) is 11.2. The van der Waals surface area contributed by atoms with Crippen molar-refractivity contribution in [3.63, 3.8) is 0 Å². The number of rotatable bonds is 13. The SMILES string of the molecule is CCCCCCCCCC(Cc1ccccc1)(N(C)OC)[Si](C)(C)C. The average Bonchev–Trinajstić information content (AvgIpc) is 2.59. The number of likely N-dealkylation sites (N-methyl/N-ethyl adjacent to an activating group) is 1. The molecule has 0 aliphatic carbocycles. The van der Waals surface area contributed by atoms with Crippen LogP contribution in [0.1, 0.15) is 63.9 Å². The van der Waals surface area contributed by atoms with Gasteiger partial charge in [0.25, 0.3) is 0 Å². The van der Waals surface area contributed by atoms with Gasteiger partial charge in [-0.25, -0.2) is 0 Å². The van der Waals surface area contributed by atoms with Gasteiger partial charge in [-0.15, -0.1) is 0 Å². The molecule has 0 aliphatic rings. The Morgan fingerprint density at radius 2 is 1.48 bits per heavy atom. The lowest BCUT2D eigenvalue weighted by molar-refractivity contribution is -0.161. The van der Waals surface area contributed by atoms with E-state index >= 15 is 0 Å². The largest absolute Gasteiger partial charge is 0.302 e. The van der Waals surface area contributed by atoms with Gasteiger partial charge >= 0.3 is 0 Å². The molecule has 2 nitrogen and oxygen atoms in total. The Labute approximate surface area is 157 Å². The standard InChI is InChI=1S/C22H41NOSi/c1-7-8-9-10-11-12-16-19-22(23(2)24-3,25(4,5)6)20-21-17-14-13-15-18-21/h13-15,17-18H,7-12,16,19-20H2,1-6H3. The third-order valence-corrected chi connectivity index (χ3v) is 9.34. The van der Waals surface area contributed by atoms with Crippen LogP contribution in [0.2, 0.25) is 19.6 Å². The minimum absolute atomic E-state index is 0.145. The Balaban J connectivity index is 2.79. The highest BCUT2D eigenvalue weighted by Gasteiger charge is 2.46. The molecule has 0 spiro atoms. The van der Waals surface area contributed by atoms with Gasteiger partial charge in [0.15, 0.2) is 0 Å². The molecule has 1 rings (SSSR count). The molecule has 25 heavy (non-hydrogen) atoms. The fourth-order valence-corrected chi connectivity index (χ4v) is 6.65. The molecule has 0 bridgehead atoms. The predicted octanol–water partition coefficient (Wildman–Crippen LogP) is 6.48. The van der Waals surface area contributed by atoms with Gasteiger partial charge in [0, 0.05) is 12.2 Å². The van der Waals surface area contributed by atoms with Crippen LogP contribution in [0, 0.1) is 0 Å². The average molecular weight is 364 g/mol. The molecule has 1 aromatic carbocycles. The highest BCUT2D eigenvalue weighted by Crippen LogP contribution is 2.36. The first kappa shape index (κ1) is 22.4. The Bertz CT molecular complexity index is 457. The van der Waals surface area contributed by atoms with E-state index < -0.39 is 8.07 Å². The van der Waals surface area contributed by atoms with Crippen molar-refractivity contribution in [1.29, 1.82) is 0 Å². The summed E-state index contributed by atoms with van der Waals surface area (Å²) in [6.45, 7) is 9.76. The molecule has 1 unspecified atom stereocenters. The van der Waals surface area contributed by atoms with Crippen molar-refractivity contribution in [2.24, 2.45) is 0 Å². The molecule has 0 fully saturated rings. The Kier molecular flexibility index (Phi) is 9.99. The van der Waals surface area contributed by atoms with Gasteiger partial charge in [0.2, 0.25) is 0 Å². The lowest BCUT2D eigenvalue weighted by Gasteiger charge is -2.49. The van der Waals surface area contributed by atoms with Crippen molar-refractivity contribution in [3.8, 4) is 0 Å². The van der Waals surface area contributed by atoms with E-state index in [1.165, 1.54) is 56.9 Å². The Morgan fingerprint density at radius 1 is 0.920 bits per heavy atom. The first-order valence-corrected chi connectivity index (χ1v) is 13.7. The second-order valence-corrected chi connectivity index (χ2v) is 13.9. The van der Waals surface area contributed by atoms with Crippen LogP contribution in [-0.4, -0.2) is 32.5 Å². The highest BCUT2D eigenvalue weighted by atomic mass is 28.3. The lowest BCUT2D eigenvalue weighted by Crippen LogP contribution is -2.63. The zero-order valence-electron chi connectivity index (χ0n) is 17.6. The van der Waals surface area contributed by atoms with Crippen molar-refractivity contribution in [2.45, 2.75) is 89.5 Å². The minimum atomic E-state index is -1.48. The summed E-state index contributed by atoms with van der Waals surface area (Å²) in [6, 6.07) is 11.0. The molecule has 0 heterocycles. The van der Waals surface area contributed by atoms with Crippen molar-refractivity contribution in [1.82, 2.24) is 5.06 Å². The first-order chi connectivity index (χ1) is 11.9. The molecule has 1 aromatic rings. The summed E-state index contributed by atoms with van der Waals surface area (Å²) in [6.07, 6.45) is 11.9. The molecule has 0 aromatic heterocycles. The van der Waals surface area contributed by atoms with Crippen molar-refractivity contribution >= 4 is 8.07 Å². The monoisotopic (exact) mass is 363 g/mol. The van der Waals surface area contributed by atoms with Gasteiger partial charge in [0.1, 0.15) is 0 Å². The molecular formula is C22H41NOSi. The predicted molar refractivity (Wildman–Crippen MR) is 114 cm³/mol. The number of nitrogens with zero attached hydrogens (tertiary/aromatic N) is 1. The van der Waals surface area contributed by atoms with Crippen molar-refractivity contribution < 1.29 is 4.84 Å². The van der Waals surface area contributed by atoms with Crippen LogP contribution in [0.25, 0.3) is 0 Å². The van der Waals surface area contributed by atoms with E-state index in [1.807, 2.05) is 7.11 Å². The second-order valence-electron chi connectivity index (χ2n) is 8.50. The molecule has 0 saturated heterocycles. The van der Waals surface area contributed by atoms with Gasteiger partial charge in [-0.2, -0.15) is 5.06 Å². The molecule has 0 aliphatic heterocycles. The van der Waals surface area contributed by atoms with E-state index in [1.54, 1.807) is 0 Å². The summed E-state index contributed by atoms with van der Waals surface area (Å²) in [7, 11) is 2.48. The summed E-state index contributed by atoms with van der Waals surface area (Å²) in [5.41, 5.74) is 1.43. The van der Waals surface area contributed by atoms with Crippen LogP contribution in [-0.2, 0) is 11.3 Å². The van der Waals surface area contributed by atoms with Crippen LogP contribution < -0.4 is 0 Å². The van der Waals surface area contributed by atoms with E-state index in [-0.39, 0.29) is 5.16 Å². The highest BCUT2D eigenvalue weighted by molar-refractivity contribution is 6.79. The summed E-state index contributed by atoms with van der Waals surface area (Å²) in [5, 5.41) is 2.33. The Hall–Kier alpha value is -0.643. The maximum Gasteiger partial charge on any atom is 0.0712 e. The normalized spacial score (nSPS) is 14.7. The van der Waals surface area contributed by atoms with E-state index in [2.05, 4.69) is 69.0 Å². The third-order valence-electron chi connectivity index (χ3n) is 5.81.